The molecule has 0 radical (unpaired) electrons. The van der Waals surface area contributed by atoms with Gasteiger partial charge in [-0.2, -0.15) is 0 Å². The van der Waals surface area contributed by atoms with Gasteiger partial charge in [-0.25, -0.2) is 8.42 Å². The van der Waals surface area contributed by atoms with Crippen LogP contribution in [0.1, 0.15) is 24.5 Å². The Kier molecular flexibility index (Phi) is 7.45. The van der Waals surface area contributed by atoms with Crippen LogP contribution in [0.15, 0.2) is 48.5 Å². The Bertz CT molecular complexity index is 912. The summed E-state index contributed by atoms with van der Waals surface area (Å²) in [5.74, 6) is 0.497. The van der Waals surface area contributed by atoms with Gasteiger partial charge in [-0.1, -0.05) is 30.3 Å². The first-order chi connectivity index (χ1) is 13.2. The van der Waals surface area contributed by atoms with Crippen molar-refractivity contribution < 1.29 is 17.9 Å². The third kappa shape index (κ3) is 5.73. The van der Waals surface area contributed by atoms with Crippen LogP contribution < -0.4 is 14.4 Å². The van der Waals surface area contributed by atoms with Crippen molar-refractivity contribution >= 4 is 21.6 Å². The Morgan fingerprint density at radius 3 is 2.54 bits per heavy atom. The number of rotatable bonds is 9. The molecular formula is C21H28N2O4S. The van der Waals surface area contributed by atoms with Crippen LogP contribution in [-0.4, -0.2) is 40.3 Å². The van der Waals surface area contributed by atoms with Gasteiger partial charge < -0.3 is 10.1 Å². The lowest BCUT2D eigenvalue weighted by Gasteiger charge is -2.28. The number of anilines is 1. The fraction of sp³-hybridized carbons (Fsp3) is 0.381. The molecule has 0 saturated carbocycles. The molecule has 0 fully saturated rings. The molecule has 1 atom stereocenters. The summed E-state index contributed by atoms with van der Waals surface area (Å²) in [6.07, 6.45) is 2.59. The molecule has 0 saturated heterocycles. The molecule has 1 amide bonds. The summed E-state index contributed by atoms with van der Waals surface area (Å²) in [6, 6.07) is 14.0. The first-order valence-corrected chi connectivity index (χ1v) is 11.0. The smallest absolute Gasteiger partial charge is 0.243 e. The Labute approximate surface area is 167 Å². The maximum absolute atomic E-state index is 12.6. The van der Waals surface area contributed by atoms with E-state index in [0.717, 1.165) is 40.3 Å². The monoisotopic (exact) mass is 404 g/mol. The summed E-state index contributed by atoms with van der Waals surface area (Å²) in [4.78, 5) is 12.6. The normalized spacial score (nSPS) is 12.3. The van der Waals surface area contributed by atoms with Crippen molar-refractivity contribution in [2.45, 2.75) is 32.7 Å². The lowest BCUT2D eigenvalue weighted by Crippen LogP contribution is -2.48. The molecule has 0 aliphatic heterocycles. The number of hydrogen-bond acceptors (Lipinski definition) is 4. The Morgan fingerprint density at radius 2 is 1.89 bits per heavy atom. The zero-order chi connectivity index (χ0) is 20.7. The Hall–Kier alpha value is -2.54. The van der Waals surface area contributed by atoms with E-state index in [9.17, 15) is 13.2 Å². The molecule has 0 heterocycles. The van der Waals surface area contributed by atoms with Gasteiger partial charge in [0.05, 0.1) is 19.1 Å². The van der Waals surface area contributed by atoms with Gasteiger partial charge >= 0.3 is 0 Å². The number of nitrogens with one attached hydrogen (secondary N) is 1. The van der Waals surface area contributed by atoms with Crippen LogP contribution in [0.25, 0.3) is 0 Å². The molecule has 6 nitrogen and oxygen atoms in total. The van der Waals surface area contributed by atoms with E-state index in [1.807, 2.05) is 37.3 Å². The van der Waals surface area contributed by atoms with E-state index in [0.29, 0.717) is 12.2 Å². The van der Waals surface area contributed by atoms with Gasteiger partial charge in [-0.3, -0.25) is 9.10 Å². The van der Waals surface area contributed by atoms with Crippen LogP contribution in [-0.2, 0) is 21.2 Å². The summed E-state index contributed by atoms with van der Waals surface area (Å²) in [6.45, 7) is 3.93. The third-order valence-electron chi connectivity index (χ3n) is 4.46. The third-order valence-corrected chi connectivity index (χ3v) is 5.70. The minimum absolute atomic E-state index is 0.327. The zero-order valence-electron chi connectivity index (χ0n) is 16.8. The fourth-order valence-corrected chi connectivity index (χ4v) is 4.29. The second-order valence-corrected chi connectivity index (χ2v) is 8.64. The van der Waals surface area contributed by atoms with E-state index < -0.39 is 16.1 Å². The number of aryl methyl sites for hydroxylation is 2. The van der Waals surface area contributed by atoms with Crippen LogP contribution in [0.3, 0.4) is 0 Å². The molecular weight excluding hydrogens is 376 g/mol. The predicted octanol–water partition coefficient (Wildman–Crippen LogP) is 2.91. The number of hydrogen-bond donors (Lipinski definition) is 1. The van der Waals surface area contributed by atoms with Crippen LogP contribution in [0.2, 0.25) is 0 Å². The summed E-state index contributed by atoms with van der Waals surface area (Å²) < 4.78 is 31.1. The van der Waals surface area contributed by atoms with Gasteiger partial charge in [0.2, 0.25) is 15.9 Å². The predicted molar refractivity (Wildman–Crippen MR) is 112 cm³/mol. The highest BCUT2D eigenvalue weighted by molar-refractivity contribution is 7.92. The molecule has 2 aromatic rings. The van der Waals surface area contributed by atoms with Crippen LogP contribution in [0.5, 0.6) is 5.75 Å². The largest absolute Gasteiger partial charge is 0.496 e. The van der Waals surface area contributed by atoms with Crippen molar-refractivity contribution in [3.8, 4) is 5.75 Å². The van der Waals surface area contributed by atoms with Crippen molar-refractivity contribution in [3.63, 3.8) is 0 Å². The number of sulfonamides is 1. The molecule has 7 heteroatoms. The standard InChI is InChI=1S/C21H28N2O4S/c1-16-9-7-12-19(15-16)23(28(4,25)26)17(2)21(24)22-14-8-11-18-10-5-6-13-20(18)27-3/h5-7,9-10,12-13,15,17H,8,11,14H2,1-4H3,(H,22,24)/t17-/m1/s1. The van der Waals surface area contributed by atoms with Gasteiger partial charge in [-0.05, 0) is 56.0 Å². The van der Waals surface area contributed by atoms with E-state index in [1.165, 1.54) is 0 Å². The number of benzene rings is 2. The van der Waals surface area contributed by atoms with E-state index in [-0.39, 0.29) is 5.91 Å². The summed E-state index contributed by atoms with van der Waals surface area (Å²) in [7, 11) is -1.97. The number of methoxy groups -OCH3 is 1. The maximum Gasteiger partial charge on any atom is 0.243 e. The molecule has 28 heavy (non-hydrogen) atoms. The SMILES string of the molecule is COc1ccccc1CCCNC(=O)[C@@H](C)N(c1cccc(C)c1)S(C)(=O)=O. The maximum atomic E-state index is 12.6. The number of ether oxygens (including phenoxy) is 1. The number of para-hydroxylation sites is 1. The second-order valence-electron chi connectivity index (χ2n) is 6.78. The lowest BCUT2D eigenvalue weighted by molar-refractivity contribution is -0.121. The Morgan fingerprint density at radius 1 is 1.18 bits per heavy atom. The molecule has 152 valence electrons. The van der Waals surface area contributed by atoms with Crippen molar-refractivity contribution in [2.75, 3.05) is 24.2 Å². The number of carbonyl (C=O) groups excluding carboxylic acids is 1. The summed E-state index contributed by atoms with van der Waals surface area (Å²) in [5, 5.41) is 2.84. The molecule has 0 bridgehead atoms. The van der Waals surface area contributed by atoms with Crippen LogP contribution in [0.4, 0.5) is 5.69 Å². The summed E-state index contributed by atoms with van der Waals surface area (Å²) >= 11 is 0. The fourth-order valence-electron chi connectivity index (χ4n) is 3.12. The van der Waals surface area contributed by atoms with Crippen molar-refractivity contribution in [3.05, 3.63) is 59.7 Å². The zero-order valence-corrected chi connectivity index (χ0v) is 17.6. The summed E-state index contributed by atoms with van der Waals surface area (Å²) in [5.41, 5.74) is 2.49. The molecule has 0 aliphatic carbocycles. The van der Waals surface area contributed by atoms with Crippen molar-refractivity contribution in [2.24, 2.45) is 0 Å². The quantitative estimate of drug-likeness (QED) is 0.652. The topological polar surface area (TPSA) is 75.7 Å². The van der Waals surface area contributed by atoms with Gasteiger partial charge in [-0.15, -0.1) is 0 Å². The van der Waals surface area contributed by atoms with E-state index in [4.69, 9.17) is 4.74 Å². The minimum Gasteiger partial charge on any atom is -0.496 e. The van der Waals surface area contributed by atoms with Crippen molar-refractivity contribution in [1.29, 1.82) is 0 Å². The van der Waals surface area contributed by atoms with Gasteiger partial charge in [0.25, 0.3) is 0 Å². The van der Waals surface area contributed by atoms with Crippen LogP contribution >= 0.6 is 0 Å². The second kappa shape index (κ2) is 9.59. The number of nitrogens with zero attached hydrogens (tertiary/aromatic N) is 1. The van der Waals surface area contributed by atoms with Gasteiger partial charge in [0, 0.05) is 6.54 Å². The van der Waals surface area contributed by atoms with E-state index in [2.05, 4.69) is 5.32 Å². The van der Waals surface area contributed by atoms with E-state index >= 15 is 0 Å². The van der Waals surface area contributed by atoms with E-state index in [1.54, 1.807) is 32.2 Å². The minimum atomic E-state index is -3.61. The highest BCUT2D eigenvalue weighted by Crippen LogP contribution is 2.22. The van der Waals surface area contributed by atoms with Crippen LogP contribution in [0, 0.1) is 6.92 Å². The molecule has 0 aromatic heterocycles. The first kappa shape index (κ1) is 21.8. The molecule has 2 aromatic carbocycles. The highest BCUT2D eigenvalue weighted by atomic mass is 32.2. The first-order valence-electron chi connectivity index (χ1n) is 9.19. The van der Waals surface area contributed by atoms with Gasteiger partial charge in [0.1, 0.15) is 11.8 Å². The lowest BCUT2D eigenvalue weighted by atomic mass is 10.1. The number of amides is 1. The molecule has 1 N–H and O–H groups in total. The average Bonchev–Trinajstić information content (AvgIpc) is 2.64. The molecule has 2 rings (SSSR count). The van der Waals surface area contributed by atoms with Crippen molar-refractivity contribution in [1.82, 2.24) is 5.32 Å². The van der Waals surface area contributed by atoms with Gasteiger partial charge in [0.15, 0.2) is 0 Å². The number of carbonyl (C=O) groups is 1. The highest BCUT2D eigenvalue weighted by Gasteiger charge is 2.28. The average molecular weight is 405 g/mol. The molecule has 0 aliphatic rings. The molecule has 0 unspecified atom stereocenters. The molecule has 0 spiro atoms. The Balaban J connectivity index is 1.99.